The maximum atomic E-state index is 12.1. The van der Waals surface area contributed by atoms with Gasteiger partial charge in [-0.25, -0.2) is 0 Å². The minimum Gasteiger partial charge on any atom is -0.345 e. The highest BCUT2D eigenvalue weighted by atomic mass is 19.4. The molecule has 0 aliphatic heterocycles. The molecule has 0 radical (unpaired) electrons. The third-order valence-corrected chi connectivity index (χ3v) is 2.57. The molecule has 0 saturated heterocycles. The molecule has 1 unspecified atom stereocenters. The van der Waals surface area contributed by atoms with E-state index in [1.54, 1.807) is 0 Å². The monoisotopic (exact) mass is 223 g/mol. The van der Waals surface area contributed by atoms with Gasteiger partial charge in [0.2, 0.25) is 0 Å². The van der Waals surface area contributed by atoms with E-state index in [0.29, 0.717) is 0 Å². The predicted octanol–water partition coefficient (Wildman–Crippen LogP) is 2.49. The summed E-state index contributed by atoms with van der Waals surface area (Å²) in [6.07, 6.45) is -2.97. The molecule has 1 amide bonds. The summed E-state index contributed by atoms with van der Waals surface area (Å²) in [6.45, 7) is 5.52. The molecule has 1 aliphatic carbocycles. The second-order valence-electron chi connectivity index (χ2n) is 5.15. The lowest BCUT2D eigenvalue weighted by Crippen LogP contribution is -2.49. The third kappa shape index (κ3) is 3.39. The van der Waals surface area contributed by atoms with Crippen molar-refractivity contribution in [1.29, 1.82) is 0 Å². The van der Waals surface area contributed by atoms with E-state index in [-0.39, 0.29) is 17.4 Å². The van der Waals surface area contributed by atoms with Crippen LogP contribution >= 0.6 is 0 Å². The lowest BCUT2D eigenvalue weighted by Gasteiger charge is -2.31. The first-order chi connectivity index (χ1) is 6.62. The Balaban J connectivity index is 2.64. The van der Waals surface area contributed by atoms with Crippen LogP contribution in [0, 0.1) is 11.3 Å². The summed E-state index contributed by atoms with van der Waals surface area (Å²) in [7, 11) is 0. The molecule has 1 N–H and O–H groups in total. The summed E-state index contributed by atoms with van der Waals surface area (Å²) in [5.74, 6) is -1.62. The van der Waals surface area contributed by atoms with Gasteiger partial charge in [-0.2, -0.15) is 13.2 Å². The minimum absolute atomic E-state index is 0.205. The zero-order valence-electron chi connectivity index (χ0n) is 9.11. The first kappa shape index (κ1) is 12.3. The number of rotatable bonds is 2. The molecule has 2 nitrogen and oxygen atoms in total. The molecular formula is C10H16F3NO. The van der Waals surface area contributed by atoms with Gasteiger partial charge in [0.1, 0.15) is 0 Å². The Morgan fingerprint density at radius 1 is 1.27 bits per heavy atom. The maximum Gasteiger partial charge on any atom is 0.471 e. The number of carbonyl (C=O) groups is 1. The van der Waals surface area contributed by atoms with Gasteiger partial charge in [0.15, 0.2) is 0 Å². The summed E-state index contributed by atoms with van der Waals surface area (Å²) in [4.78, 5) is 10.8. The van der Waals surface area contributed by atoms with E-state index >= 15 is 0 Å². The van der Waals surface area contributed by atoms with Crippen LogP contribution in [0.25, 0.3) is 0 Å². The number of nitrogens with one attached hydrogen (secondary N) is 1. The fraction of sp³-hybridized carbons (Fsp3) is 0.900. The maximum absolute atomic E-state index is 12.1. The van der Waals surface area contributed by atoms with Gasteiger partial charge in [-0.3, -0.25) is 4.79 Å². The quantitative estimate of drug-likeness (QED) is 0.765. The Morgan fingerprint density at radius 3 is 2.00 bits per heavy atom. The molecule has 1 aliphatic rings. The molecule has 0 aromatic carbocycles. The lowest BCUT2D eigenvalue weighted by atomic mass is 9.83. The summed E-state index contributed by atoms with van der Waals surface area (Å²) in [5.41, 5.74) is -0.331. The van der Waals surface area contributed by atoms with Gasteiger partial charge in [-0.15, -0.1) is 0 Å². The van der Waals surface area contributed by atoms with E-state index in [9.17, 15) is 18.0 Å². The van der Waals surface area contributed by atoms with Crippen LogP contribution in [-0.2, 0) is 4.79 Å². The fourth-order valence-corrected chi connectivity index (χ4v) is 1.69. The molecule has 5 heteroatoms. The van der Waals surface area contributed by atoms with Gasteiger partial charge < -0.3 is 5.32 Å². The van der Waals surface area contributed by atoms with E-state index in [1.807, 2.05) is 20.8 Å². The van der Waals surface area contributed by atoms with Gasteiger partial charge in [0.05, 0.1) is 0 Å². The van der Waals surface area contributed by atoms with Gasteiger partial charge in [0.25, 0.3) is 0 Å². The molecule has 0 spiro atoms. The van der Waals surface area contributed by atoms with Gasteiger partial charge in [-0.05, 0) is 24.2 Å². The number of halogens is 3. The smallest absolute Gasteiger partial charge is 0.345 e. The summed E-state index contributed by atoms with van der Waals surface area (Å²) < 4.78 is 36.2. The molecule has 1 fully saturated rings. The molecule has 1 rings (SSSR count). The van der Waals surface area contributed by atoms with Gasteiger partial charge >= 0.3 is 12.1 Å². The number of carbonyl (C=O) groups excluding carboxylic acids is 1. The zero-order valence-corrected chi connectivity index (χ0v) is 9.11. The molecule has 0 heterocycles. The highest BCUT2D eigenvalue weighted by molar-refractivity contribution is 5.82. The largest absolute Gasteiger partial charge is 0.471 e. The van der Waals surface area contributed by atoms with Crippen molar-refractivity contribution in [2.75, 3.05) is 0 Å². The first-order valence-electron chi connectivity index (χ1n) is 5.00. The predicted molar refractivity (Wildman–Crippen MR) is 50.2 cm³/mol. The molecule has 88 valence electrons. The number of alkyl halides is 3. The van der Waals surface area contributed by atoms with Crippen LogP contribution in [0.5, 0.6) is 0 Å². The van der Waals surface area contributed by atoms with E-state index in [1.165, 1.54) is 0 Å². The van der Waals surface area contributed by atoms with Crippen molar-refractivity contribution < 1.29 is 18.0 Å². The topological polar surface area (TPSA) is 29.1 Å². The molecule has 0 aromatic rings. The molecule has 15 heavy (non-hydrogen) atoms. The van der Waals surface area contributed by atoms with Crippen LogP contribution in [0.15, 0.2) is 0 Å². The van der Waals surface area contributed by atoms with Crippen LogP contribution in [0.4, 0.5) is 13.2 Å². The molecular weight excluding hydrogens is 207 g/mol. The summed E-state index contributed by atoms with van der Waals surface area (Å²) >= 11 is 0. The summed E-state index contributed by atoms with van der Waals surface area (Å²) in [5, 5.41) is 2.09. The van der Waals surface area contributed by atoms with Crippen molar-refractivity contribution in [3.05, 3.63) is 0 Å². The van der Waals surface area contributed by atoms with E-state index in [2.05, 4.69) is 5.32 Å². The summed E-state index contributed by atoms with van der Waals surface area (Å²) in [6, 6.07) is -0.383. The molecule has 1 atom stereocenters. The van der Waals surface area contributed by atoms with Crippen molar-refractivity contribution in [3.63, 3.8) is 0 Å². The van der Waals surface area contributed by atoms with Crippen LogP contribution in [0.1, 0.15) is 33.6 Å². The number of hydrogen-bond donors (Lipinski definition) is 1. The number of hydrogen-bond acceptors (Lipinski definition) is 1. The first-order valence-corrected chi connectivity index (χ1v) is 5.00. The minimum atomic E-state index is -4.78. The Hall–Kier alpha value is -0.740. The van der Waals surface area contributed by atoms with Crippen molar-refractivity contribution in [2.24, 2.45) is 11.3 Å². The molecule has 0 aromatic heterocycles. The average Bonchev–Trinajstić information content (AvgIpc) is 2.77. The van der Waals surface area contributed by atoms with Gasteiger partial charge in [0, 0.05) is 6.04 Å². The molecule has 0 bridgehead atoms. The standard InChI is InChI=1S/C10H16F3NO/c1-9(2,3)7(6-4-5-6)14-8(15)10(11,12)13/h6-7H,4-5H2,1-3H3,(H,14,15). The Bertz CT molecular complexity index is 250. The zero-order chi connectivity index (χ0) is 11.9. The van der Waals surface area contributed by atoms with Crippen LogP contribution < -0.4 is 5.32 Å². The van der Waals surface area contributed by atoms with Crippen LogP contribution in [0.2, 0.25) is 0 Å². The SMILES string of the molecule is CC(C)(C)C(NC(=O)C(F)(F)F)C1CC1. The second kappa shape index (κ2) is 3.68. The Labute approximate surface area is 87.2 Å². The number of amides is 1. The van der Waals surface area contributed by atoms with E-state index in [0.717, 1.165) is 12.8 Å². The van der Waals surface area contributed by atoms with Crippen molar-refractivity contribution in [3.8, 4) is 0 Å². The Kier molecular flexibility index (Phi) is 3.03. The van der Waals surface area contributed by atoms with E-state index in [4.69, 9.17) is 0 Å². The third-order valence-electron chi connectivity index (χ3n) is 2.57. The van der Waals surface area contributed by atoms with Crippen molar-refractivity contribution in [1.82, 2.24) is 5.32 Å². The lowest BCUT2D eigenvalue weighted by molar-refractivity contribution is -0.175. The van der Waals surface area contributed by atoms with Crippen LogP contribution in [0.3, 0.4) is 0 Å². The Morgan fingerprint density at radius 2 is 1.73 bits per heavy atom. The average molecular weight is 223 g/mol. The highest BCUT2D eigenvalue weighted by Gasteiger charge is 2.45. The fourth-order valence-electron chi connectivity index (χ4n) is 1.69. The van der Waals surface area contributed by atoms with Crippen LogP contribution in [-0.4, -0.2) is 18.1 Å². The highest BCUT2D eigenvalue weighted by Crippen LogP contribution is 2.40. The second-order valence-corrected chi connectivity index (χ2v) is 5.15. The van der Waals surface area contributed by atoms with Crippen molar-refractivity contribution >= 4 is 5.91 Å². The normalized spacial score (nSPS) is 19.9. The van der Waals surface area contributed by atoms with E-state index < -0.39 is 12.1 Å². The van der Waals surface area contributed by atoms with Crippen molar-refractivity contribution in [2.45, 2.75) is 45.8 Å². The van der Waals surface area contributed by atoms with Gasteiger partial charge in [-0.1, -0.05) is 20.8 Å². The molecule has 1 saturated carbocycles.